The Balaban J connectivity index is 1.27. The number of amides is 1. The fourth-order valence-electron chi connectivity index (χ4n) is 7.53. The Bertz CT molecular complexity index is 1230. The third-order valence-electron chi connectivity index (χ3n) is 9.23. The van der Waals surface area contributed by atoms with Crippen LogP contribution in [0.25, 0.3) is 0 Å². The lowest BCUT2D eigenvalue weighted by atomic mass is 9.51. The van der Waals surface area contributed by atoms with E-state index in [2.05, 4.69) is 7.05 Å². The fraction of sp³-hybridized carbons (Fsp3) is 0.500. The second kappa shape index (κ2) is 8.21. The summed E-state index contributed by atoms with van der Waals surface area (Å²) in [5, 5.41) is 10.5. The van der Waals surface area contributed by atoms with Gasteiger partial charge in [-0.05, 0) is 42.3 Å². The number of Topliss-reactive ketones (excluding diaryl/α,β-unsaturated/α-hetero) is 1. The molecule has 8 heteroatoms. The number of hydrogen-bond acceptors (Lipinski definition) is 6. The van der Waals surface area contributed by atoms with Gasteiger partial charge < -0.3 is 29.7 Å². The quantitative estimate of drug-likeness (QED) is 0.623. The van der Waals surface area contributed by atoms with Crippen molar-refractivity contribution in [1.29, 1.82) is 0 Å². The highest BCUT2D eigenvalue weighted by Gasteiger charge is 2.69. The topological polar surface area (TPSA) is 102 Å². The second-order valence-corrected chi connectivity index (χ2v) is 11.2. The van der Waals surface area contributed by atoms with Crippen LogP contribution in [0.2, 0.25) is 0 Å². The van der Waals surface area contributed by atoms with Gasteiger partial charge in [0.05, 0.1) is 25.0 Å². The van der Waals surface area contributed by atoms with E-state index in [-0.39, 0.29) is 16.9 Å². The van der Waals surface area contributed by atoms with Gasteiger partial charge in [-0.15, -0.1) is 0 Å². The smallest absolute Gasteiger partial charge is 0.415 e. The van der Waals surface area contributed by atoms with Crippen LogP contribution < -0.4 is 15.2 Å². The standard InChI is InChI=1S/C28H33N3O5/c1-30(13-12-29)27(34)35-19-6-3-17(4-7-19)16-31(2)14-11-28-20-8-10-23(33)26(28)36-25-22(32)9-5-18(24(25)28)15-21(20)31/h3-7,9,20-21,26H,8,10-16,29H2,1-2H3/p+1/t20?,21-,26?,28+,31-/m1/s1. The van der Waals surface area contributed by atoms with Crippen molar-refractivity contribution < 1.29 is 28.7 Å². The molecule has 2 unspecified atom stereocenters. The van der Waals surface area contributed by atoms with Crippen LogP contribution in [0, 0.1) is 5.92 Å². The third kappa shape index (κ3) is 3.27. The maximum absolute atomic E-state index is 13.0. The number of rotatable bonds is 5. The lowest BCUT2D eigenvalue weighted by molar-refractivity contribution is -0.957. The van der Waals surface area contributed by atoms with E-state index < -0.39 is 12.2 Å². The molecule has 8 nitrogen and oxygen atoms in total. The minimum atomic E-state index is -0.471. The van der Waals surface area contributed by atoms with E-state index >= 15 is 0 Å². The van der Waals surface area contributed by atoms with Crippen molar-refractivity contribution in [3.8, 4) is 17.2 Å². The number of likely N-dealkylation sites (N-methyl/N-ethyl adjacent to an activating group) is 2. The van der Waals surface area contributed by atoms with Crippen molar-refractivity contribution in [3.63, 3.8) is 0 Å². The Kier molecular flexibility index (Phi) is 5.32. The molecule has 2 aliphatic carbocycles. The number of quaternary nitrogens is 1. The zero-order valence-corrected chi connectivity index (χ0v) is 20.9. The Morgan fingerprint density at radius 3 is 2.81 bits per heavy atom. The first-order chi connectivity index (χ1) is 17.3. The maximum Gasteiger partial charge on any atom is 0.415 e. The molecule has 1 saturated carbocycles. The molecule has 1 spiro atoms. The molecule has 6 rings (SSSR count). The highest BCUT2D eigenvalue weighted by molar-refractivity contribution is 5.89. The molecule has 0 aromatic heterocycles. The molecule has 1 saturated heterocycles. The molecular weight excluding hydrogens is 458 g/mol. The summed E-state index contributed by atoms with van der Waals surface area (Å²) in [6.45, 7) is 2.62. The van der Waals surface area contributed by atoms with Crippen LogP contribution in [-0.4, -0.2) is 72.2 Å². The number of piperidine rings is 1. The molecule has 190 valence electrons. The zero-order chi connectivity index (χ0) is 25.2. The minimum Gasteiger partial charge on any atom is -0.504 e. The number of carbonyl (C=O) groups is 2. The molecule has 4 aliphatic rings. The summed E-state index contributed by atoms with van der Waals surface area (Å²) < 4.78 is 12.6. The average molecular weight is 493 g/mol. The van der Waals surface area contributed by atoms with Crippen LogP contribution in [-0.2, 0) is 23.2 Å². The molecule has 2 bridgehead atoms. The van der Waals surface area contributed by atoms with Gasteiger partial charge in [0.25, 0.3) is 0 Å². The van der Waals surface area contributed by atoms with E-state index in [4.69, 9.17) is 15.2 Å². The number of nitrogens with zero attached hydrogens (tertiary/aromatic N) is 2. The van der Waals surface area contributed by atoms with E-state index in [1.165, 1.54) is 16.0 Å². The van der Waals surface area contributed by atoms with Crippen LogP contribution in [0.3, 0.4) is 0 Å². The van der Waals surface area contributed by atoms with Crippen molar-refractivity contribution in [2.45, 2.75) is 49.8 Å². The number of ketones is 1. The number of nitrogens with two attached hydrogens (primary N) is 1. The maximum atomic E-state index is 13.0. The van der Waals surface area contributed by atoms with Gasteiger partial charge in [0.15, 0.2) is 23.4 Å². The monoisotopic (exact) mass is 492 g/mol. The minimum absolute atomic E-state index is 0.153. The summed E-state index contributed by atoms with van der Waals surface area (Å²) in [7, 11) is 4.00. The summed E-state index contributed by atoms with van der Waals surface area (Å²) in [6, 6.07) is 11.9. The Hall–Kier alpha value is -3.10. The van der Waals surface area contributed by atoms with Gasteiger partial charge in [-0.25, -0.2) is 4.79 Å². The molecule has 2 aromatic carbocycles. The number of benzene rings is 2. The number of likely N-dealkylation sites (tertiary alicyclic amines) is 1. The highest BCUT2D eigenvalue weighted by atomic mass is 16.6. The Morgan fingerprint density at radius 2 is 2.06 bits per heavy atom. The van der Waals surface area contributed by atoms with Gasteiger partial charge in [0.2, 0.25) is 0 Å². The van der Waals surface area contributed by atoms with E-state index in [9.17, 15) is 14.7 Å². The van der Waals surface area contributed by atoms with Crippen LogP contribution >= 0.6 is 0 Å². The molecule has 1 amide bonds. The molecule has 2 aromatic rings. The van der Waals surface area contributed by atoms with Gasteiger partial charge in [0, 0.05) is 56.4 Å². The lowest BCUT2D eigenvalue weighted by Gasteiger charge is -2.60. The van der Waals surface area contributed by atoms with E-state index in [1.807, 2.05) is 30.3 Å². The van der Waals surface area contributed by atoms with Gasteiger partial charge >= 0.3 is 6.09 Å². The molecule has 0 radical (unpaired) electrons. The van der Waals surface area contributed by atoms with Gasteiger partial charge in [0.1, 0.15) is 12.3 Å². The number of aromatic hydroxyl groups is 1. The predicted octanol–water partition coefficient (Wildman–Crippen LogP) is 2.73. The number of carbonyl (C=O) groups excluding carboxylic acids is 2. The van der Waals surface area contributed by atoms with Crippen LogP contribution in [0.4, 0.5) is 4.79 Å². The number of phenolic OH excluding ortho intramolecular Hbond substituents is 1. The molecule has 3 N–H and O–H groups in total. The molecule has 36 heavy (non-hydrogen) atoms. The molecular formula is C28H34N3O5+. The van der Waals surface area contributed by atoms with Gasteiger partial charge in [-0.3, -0.25) is 4.79 Å². The summed E-state index contributed by atoms with van der Waals surface area (Å²) >= 11 is 0. The first-order valence-corrected chi connectivity index (χ1v) is 12.9. The molecule has 2 heterocycles. The molecule has 2 fully saturated rings. The fourth-order valence-corrected chi connectivity index (χ4v) is 7.53. The van der Waals surface area contributed by atoms with Crippen molar-refractivity contribution in [1.82, 2.24) is 4.90 Å². The zero-order valence-electron chi connectivity index (χ0n) is 20.9. The van der Waals surface area contributed by atoms with Crippen LogP contribution in [0.5, 0.6) is 17.2 Å². The summed E-state index contributed by atoms with van der Waals surface area (Å²) in [5.41, 5.74) is 8.72. The average Bonchev–Trinajstić information content (AvgIpc) is 3.22. The lowest BCUT2D eigenvalue weighted by Crippen LogP contribution is -2.71. The Morgan fingerprint density at radius 1 is 1.28 bits per heavy atom. The summed E-state index contributed by atoms with van der Waals surface area (Å²) in [6.07, 6.45) is 2.31. The normalized spacial score (nSPS) is 31.4. The number of hydrogen-bond donors (Lipinski definition) is 2. The first-order valence-electron chi connectivity index (χ1n) is 12.9. The number of ether oxygens (including phenoxy) is 2. The molecule has 5 atom stereocenters. The van der Waals surface area contributed by atoms with Crippen molar-refractivity contribution in [2.24, 2.45) is 11.7 Å². The van der Waals surface area contributed by atoms with E-state index in [1.54, 1.807) is 13.1 Å². The van der Waals surface area contributed by atoms with Crippen LogP contribution in [0.15, 0.2) is 36.4 Å². The Labute approximate surface area is 211 Å². The van der Waals surface area contributed by atoms with E-state index in [0.717, 1.165) is 42.4 Å². The van der Waals surface area contributed by atoms with Crippen molar-refractivity contribution in [2.75, 3.05) is 33.7 Å². The van der Waals surface area contributed by atoms with Gasteiger partial charge in [-0.1, -0.05) is 6.07 Å². The highest BCUT2D eigenvalue weighted by Crippen LogP contribution is 2.64. The van der Waals surface area contributed by atoms with E-state index in [0.29, 0.717) is 43.0 Å². The largest absolute Gasteiger partial charge is 0.504 e. The third-order valence-corrected chi connectivity index (χ3v) is 9.23. The summed E-state index contributed by atoms with van der Waals surface area (Å²) in [5.74, 6) is 1.73. The van der Waals surface area contributed by atoms with Crippen LogP contribution in [0.1, 0.15) is 36.0 Å². The van der Waals surface area contributed by atoms with Gasteiger partial charge in [-0.2, -0.15) is 0 Å². The van der Waals surface area contributed by atoms with Crippen molar-refractivity contribution in [3.05, 3.63) is 53.1 Å². The SMILES string of the molecule is CN(CCN)C(=O)Oc1ccc(C[N@@+]2(C)CC[C@]34c5c6ccc(O)c5OC3C(=O)CCC4[C@H]2C6)cc1. The first kappa shape index (κ1) is 23.3. The number of phenols is 1. The predicted molar refractivity (Wildman–Crippen MR) is 133 cm³/mol. The molecule has 2 aliphatic heterocycles. The summed E-state index contributed by atoms with van der Waals surface area (Å²) in [4.78, 5) is 26.7. The van der Waals surface area contributed by atoms with Crippen molar-refractivity contribution >= 4 is 11.9 Å². The second-order valence-electron chi connectivity index (χ2n) is 11.2.